The van der Waals surface area contributed by atoms with Crippen molar-refractivity contribution in [3.63, 3.8) is 0 Å². The van der Waals surface area contributed by atoms with Gasteiger partial charge in [0.05, 0.1) is 0 Å². The molecule has 0 radical (unpaired) electrons. The summed E-state index contributed by atoms with van der Waals surface area (Å²) >= 11 is 0.941. The number of nitrogen functional groups attached to an aromatic ring is 1. The number of nitrogens with zero attached hydrogens (tertiary/aromatic N) is 3. The van der Waals surface area contributed by atoms with Crippen molar-refractivity contribution in [3.05, 3.63) is 24.2 Å². The molecule has 0 aromatic carbocycles. The van der Waals surface area contributed by atoms with E-state index in [1.54, 1.807) is 6.20 Å². The zero-order valence-electron chi connectivity index (χ0n) is 8.19. The lowest BCUT2D eigenvalue weighted by Gasteiger charge is -2.07. The van der Waals surface area contributed by atoms with Gasteiger partial charge in [0.15, 0.2) is 10.9 Å². The highest BCUT2D eigenvalue weighted by Gasteiger charge is 2.33. The third-order valence-corrected chi connectivity index (χ3v) is 2.52. The largest absolute Gasteiger partial charge is 0.433 e. The Morgan fingerprint density at radius 2 is 2.06 bits per heavy atom. The topological polar surface area (TPSA) is 80.5 Å². The number of H-pyrrole nitrogens is 1. The Balaban J connectivity index is 2.32. The van der Waals surface area contributed by atoms with Crippen molar-refractivity contribution in [3.8, 4) is 0 Å². The van der Waals surface area contributed by atoms with Crippen LogP contribution in [0.2, 0.25) is 0 Å². The second-order valence-electron chi connectivity index (χ2n) is 2.94. The van der Waals surface area contributed by atoms with Crippen LogP contribution >= 0.6 is 11.8 Å². The van der Waals surface area contributed by atoms with Crippen molar-refractivity contribution >= 4 is 17.7 Å². The molecule has 17 heavy (non-hydrogen) atoms. The third-order valence-electron chi connectivity index (χ3n) is 1.68. The molecule has 0 spiro atoms. The summed E-state index contributed by atoms with van der Waals surface area (Å²) in [6.07, 6.45) is -1.51. The first-order valence-corrected chi connectivity index (χ1v) is 5.16. The van der Waals surface area contributed by atoms with Crippen molar-refractivity contribution in [2.75, 3.05) is 5.73 Å². The molecule has 0 fully saturated rings. The van der Waals surface area contributed by atoms with Gasteiger partial charge in [-0.25, -0.2) is 15.0 Å². The van der Waals surface area contributed by atoms with E-state index in [4.69, 9.17) is 5.73 Å². The summed E-state index contributed by atoms with van der Waals surface area (Å²) in [5, 5.41) is 0.510. The Bertz CT molecular complexity index is 510. The fourth-order valence-electron chi connectivity index (χ4n) is 1.05. The van der Waals surface area contributed by atoms with Crippen LogP contribution in [0.1, 0.15) is 5.69 Å². The average molecular weight is 261 g/mol. The van der Waals surface area contributed by atoms with E-state index in [1.165, 1.54) is 6.20 Å². The van der Waals surface area contributed by atoms with E-state index in [-0.39, 0.29) is 5.03 Å². The van der Waals surface area contributed by atoms with E-state index in [9.17, 15) is 13.2 Å². The summed E-state index contributed by atoms with van der Waals surface area (Å²) in [4.78, 5) is 13.4. The van der Waals surface area contributed by atoms with E-state index in [1.807, 2.05) is 0 Å². The van der Waals surface area contributed by atoms with Gasteiger partial charge in [-0.05, 0) is 11.8 Å². The highest BCUT2D eigenvalue weighted by Crippen LogP contribution is 2.31. The molecule has 5 nitrogen and oxygen atoms in total. The second kappa shape index (κ2) is 4.24. The monoisotopic (exact) mass is 261 g/mol. The van der Waals surface area contributed by atoms with E-state index in [0.717, 1.165) is 17.8 Å². The van der Waals surface area contributed by atoms with E-state index in [0.29, 0.717) is 5.16 Å². The number of hydrogen-bond acceptors (Lipinski definition) is 5. The first kappa shape index (κ1) is 11.7. The Morgan fingerprint density at radius 1 is 1.29 bits per heavy atom. The lowest BCUT2D eigenvalue weighted by molar-refractivity contribution is -0.141. The number of anilines is 1. The average Bonchev–Trinajstić information content (AvgIpc) is 2.68. The molecule has 2 aromatic rings. The van der Waals surface area contributed by atoms with Gasteiger partial charge in [0.25, 0.3) is 0 Å². The van der Waals surface area contributed by atoms with Crippen LogP contribution in [0.5, 0.6) is 0 Å². The number of alkyl halides is 3. The van der Waals surface area contributed by atoms with E-state index in [2.05, 4.69) is 19.9 Å². The molecule has 0 amide bonds. The molecule has 3 N–H and O–H groups in total. The maximum Gasteiger partial charge on any atom is 0.433 e. The molecular weight excluding hydrogens is 255 g/mol. The minimum atomic E-state index is -4.55. The lowest BCUT2D eigenvalue weighted by atomic mass is 10.4. The number of halogens is 3. The molecule has 0 saturated carbocycles. The van der Waals surface area contributed by atoms with Gasteiger partial charge in [-0.15, -0.1) is 0 Å². The van der Waals surface area contributed by atoms with Crippen LogP contribution in [0.4, 0.5) is 19.1 Å². The van der Waals surface area contributed by atoms with Crippen molar-refractivity contribution in [1.29, 1.82) is 0 Å². The number of aromatic nitrogens is 4. The molecule has 0 aliphatic carbocycles. The summed E-state index contributed by atoms with van der Waals surface area (Å²) in [6.45, 7) is 0. The van der Waals surface area contributed by atoms with Crippen LogP contribution < -0.4 is 5.73 Å². The number of hydrogen-bond donors (Lipinski definition) is 2. The molecule has 2 rings (SSSR count). The second-order valence-corrected chi connectivity index (χ2v) is 3.95. The molecule has 90 valence electrons. The number of rotatable bonds is 2. The standard InChI is InChI=1S/C8H6F3N5S/c9-8(10,11)4-3-5(16-6(12)15-4)17-7-13-1-2-14-7/h1-3H,(H,13,14)(H2,12,15,16). The van der Waals surface area contributed by atoms with E-state index >= 15 is 0 Å². The zero-order chi connectivity index (χ0) is 12.5. The van der Waals surface area contributed by atoms with Crippen LogP contribution in [0.25, 0.3) is 0 Å². The SMILES string of the molecule is Nc1nc(Sc2ncc[nH]2)cc(C(F)(F)F)n1. The van der Waals surface area contributed by atoms with Gasteiger partial charge in [-0.3, -0.25) is 0 Å². The van der Waals surface area contributed by atoms with Gasteiger partial charge in [-0.2, -0.15) is 13.2 Å². The Morgan fingerprint density at radius 3 is 2.65 bits per heavy atom. The summed E-state index contributed by atoms with van der Waals surface area (Å²) in [5.41, 5.74) is 4.15. The molecular formula is C8H6F3N5S. The minimum absolute atomic E-state index is 0.0831. The lowest BCUT2D eigenvalue weighted by Crippen LogP contribution is -2.11. The molecule has 0 aliphatic heterocycles. The van der Waals surface area contributed by atoms with Crippen LogP contribution in [0.15, 0.2) is 28.6 Å². The highest BCUT2D eigenvalue weighted by atomic mass is 32.2. The van der Waals surface area contributed by atoms with Crippen LogP contribution in [-0.2, 0) is 6.18 Å². The van der Waals surface area contributed by atoms with Gasteiger partial charge in [0, 0.05) is 18.5 Å². The summed E-state index contributed by atoms with van der Waals surface area (Å²) in [5.74, 6) is -0.422. The fraction of sp³-hybridized carbons (Fsp3) is 0.125. The Hall–Kier alpha value is -1.77. The zero-order valence-corrected chi connectivity index (χ0v) is 9.01. The van der Waals surface area contributed by atoms with Crippen molar-refractivity contribution in [2.24, 2.45) is 0 Å². The smallest absolute Gasteiger partial charge is 0.368 e. The van der Waals surface area contributed by atoms with Crippen LogP contribution in [0.3, 0.4) is 0 Å². The number of nitrogens with two attached hydrogens (primary N) is 1. The molecule has 0 saturated heterocycles. The highest BCUT2D eigenvalue weighted by molar-refractivity contribution is 7.99. The molecule has 9 heteroatoms. The molecule has 2 heterocycles. The third kappa shape index (κ3) is 2.87. The number of nitrogens with one attached hydrogen (secondary N) is 1. The van der Waals surface area contributed by atoms with Gasteiger partial charge < -0.3 is 10.7 Å². The minimum Gasteiger partial charge on any atom is -0.368 e. The molecule has 2 aromatic heterocycles. The summed E-state index contributed by atoms with van der Waals surface area (Å²) in [6, 6.07) is 0.823. The predicted molar refractivity (Wildman–Crippen MR) is 54.2 cm³/mol. The molecule has 0 unspecified atom stereocenters. The maximum atomic E-state index is 12.4. The van der Waals surface area contributed by atoms with Crippen LogP contribution in [-0.4, -0.2) is 19.9 Å². The van der Waals surface area contributed by atoms with E-state index < -0.39 is 17.8 Å². The van der Waals surface area contributed by atoms with Crippen molar-refractivity contribution < 1.29 is 13.2 Å². The predicted octanol–water partition coefficient (Wildman–Crippen LogP) is 1.95. The van der Waals surface area contributed by atoms with Gasteiger partial charge in [0.1, 0.15) is 5.03 Å². The van der Waals surface area contributed by atoms with Crippen molar-refractivity contribution in [1.82, 2.24) is 19.9 Å². The first-order chi connectivity index (χ1) is 7.95. The molecule has 0 bridgehead atoms. The normalized spacial score (nSPS) is 11.7. The van der Waals surface area contributed by atoms with Gasteiger partial charge in [-0.1, -0.05) is 0 Å². The summed E-state index contributed by atoms with van der Waals surface area (Å²) in [7, 11) is 0. The Kier molecular flexibility index (Phi) is 2.92. The Labute approximate surface area is 97.7 Å². The quantitative estimate of drug-likeness (QED) is 0.807. The fourth-order valence-corrected chi connectivity index (χ4v) is 1.79. The van der Waals surface area contributed by atoms with Crippen LogP contribution in [0, 0.1) is 0 Å². The summed E-state index contributed by atoms with van der Waals surface area (Å²) < 4.78 is 37.3. The number of imidazole rings is 1. The number of aromatic amines is 1. The van der Waals surface area contributed by atoms with Gasteiger partial charge >= 0.3 is 6.18 Å². The molecule has 0 atom stereocenters. The molecule has 0 aliphatic rings. The first-order valence-electron chi connectivity index (χ1n) is 4.34. The van der Waals surface area contributed by atoms with Gasteiger partial charge in [0.2, 0.25) is 5.95 Å². The maximum absolute atomic E-state index is 12.4. The van der Waals surface area contributed by atoms with Crippen molar-refractivity contribution in [2.45, 2.75) is 16.4 Å².